The summed E-state index contributed by atoms with van der Waals surface area (Å²) in [6.07, 6.45) is 7.25. The molecule has 1 saturated carbocycles. The number of hydrogen-bond donors (Lipinski definition) is 1. The SMILES string of the molecule is CCC(=O)c1ccc2[nH]c(C3CCCCC3)cc2c1. The molecular formula is C17H21NO. The highest BCUT2D eigenvalue weighted by Crippen LogP contribution is 2.33. The number of ketones is 1. The van der Waals surface area contributed by atoms with Crippen LogP contribution in [0, 0.1) is 0 Å². The van der Waals surface area contributed by atoms with Gasteiger partial charge >= 0.3 is 0 Å². The summed E-state index contributed by atoms with van der Waals surface area (Å²) in [6, 6.07) is 8.27. The van der Waals surface area contributed by atoms with Crippen molar-refractivity contribution in [1.82, 2.24) is 4.98 Å². The van der Waals surface area contributed by atoms with Gasteiger partial charge in [0.1, 0.15) is 0 Å². The lowest BCUT2D eigenvalue weighted by Crippen LogP contribution is -2.04. The number of carbonyl (C=O) groups is 1. The molecule has 1 N–H and O–H groups in total. The second-order valence-electron chi connectivity index (χ2n) is 5.64. The van der Waals surface area contributed by atoms with Crippen LogP contribution >= 0.6 is 0 Å². The summed E-state index contributed by atoms with van der Waals surface area (Å²) in [5, 5.41) is 1.18. The summed E-state index contributed by atoms with van der Waals surface area (Å²) >= 11 is 0. The van der Waals surface area contributed by atoms with Crippen molar-refractivity contribution >= 4 is 16.7 Å². The topological polar surface area (TPSA) is 32.9 Å². The highest BCUT2D eigenvalue weighted by molar-refractivity contribution is 5.99. The highest BCUT2D eigenvalue weighted by atomic mass is 16.1. The number of benzene rings is 1. The maximum Gasteiger partial charge on any atom is 0.162 e. The molecule has 1 heterocycles. The molecule has 1 aliphatic carbocycles. The molecule has 2 heteroatoms. The second-order valence-corrected chi connectivity index (χ2v) is 5.64. The first-order valence-electron chi connectivity index (χ1n) is 7.44. The molecule has 0 spiro atoms. The highest BCUT2D eigenvalue weighted by Gasteiger charge is 2.17. The Morgan fingerprint density at radius 2 is 2.00 bits per heavy atom. The lowest BCUT2D eigenvalue weighted by molar-refractivity contribution is 0.0988. The van der Waals surface area contributed by atoms with Gasteiger partial charge < -0.3 is 4.98 Å². The van der Waals surface area contributed by atoms with Crippen LogP contribution in [0.5, 0.6) is 0 Å². The molecule has 2 aromatic rings. The number of nitrogens with one attached hydrogen (secondary N) is 1. The van der Waals surface area contributed by atoms with Crippen LogP contribution in [0.1, 0.15) is 67.4 Å². The summed E-state index contributed by atoms with van der Waals surface area (Å²) in [5.74, 6) is 0.911. The quantitative estimate of drug-likeness (QED) is 0.784. The van der Waals surface area contributed by atoms with Gasteiger partial charge in [-0.2, -0.15) is 0 Å². The summed E-state index contributed by atoms with van der Waals surface area (Å²) in [7, 11) is 0. The number of fused-ring (bicyclic) bond motifs is 1. The van der Waals surface area contributed by atoms with Crippen LogP contribution < -0.4 is 0 Å². The molecular weight excluding hydrogens is 234 g/mol. The molecule has 1 fully saturated rings. The van der Waals surface area contributed by atoms with Crippen molar-refractivity contribution in [1.29, 1.82) is 0 Å². The third-order valence-electron chi connectivity index (χ3n) is 4.33. The normalized spacial score (nSPS) is 16.9. The van der Waals surface area contributed by atoms with E-state index < -0.39 is 0 Å². The Kier molecular flexibility index (Phi) is 3.41. The van der Waals surface area contributed by atoms with Gasteiger partial charge in [-0.1, -0.05) is 26.2 Å². The first-order chi connectivity index (χ1) is 9.28. The van der Waals surface area contributed by atoms with E-state index in [0.29, 0.717) is 12.3 Å². The Morgan fingerprint density at radius 3 is 2.74 bits per heavy atom. The number of carbonyl (C=O) groups excluding carboxylic acids is 1. The molecule has 0 aliphatic heterocycles. The third kappa shape index (κ3) is 2.44. The molecule has 0 bridgehead atoms. The minimum Gasteiger partial charge on any atom is -0.358 e. The zero-order chi connectivity index (χ0) is 13.2. The smallest absolute Gasteiger partial charge is 0.162 e. The van der Waals surface area contributed by atoms with E-state index in [1.165, 1.54) is 43.2 Å². The van der Waals surface area contributed by atoms with Crippen LogP contribution in [0.3, 0.4) is 0 Å². The van der Waals surface area contributed by atoms with Crippen LogP contribution in [0.2, 0.25) is 0 Å². The van der Waals surface area contributed by atoms with Crippen molar-refractivity contribution in [2.45, 2.75) is 51.4 Å². The largest absolute Gasteiger partial charge is 0.358 e. The second kappa shape index (κ2) is 5.20. The summed E-state index contributed by atoms with van der Waals surface area (Å²) < 4.78 is 0. The predicted octanol–water partition coefficient (Wildman–Crippen LogP) is 4.81. The Hall–Kier alpha value is -1.57. The minimum atomic E-state index is 0.224. The number of H-pyrrole nitrogens is 1. The van der Waals surface area contributed by atoms with Gasteiger partial charge in [-0.25, -0.2) is 0 Å². The van der Waals surface area contributed by atoms with Crippen LogP contribution in [-0.2, 0) is 0 Å². The van der Waals surface area contributed by atoms with Gasteiger partial charge in [0, 0.05) is 28.6 Å². The molecule has 3 rings (SSSR count). The van der Waals surface area contributed by atoms with E-state index in [2.05, 4.69) is 11.1 Å². The van der Waals surface area contributed by atoms with Crippen molar-refractivity contribution in [3.63, 3.8) is 0 Å². The predicted molar refractivity (Wildman–Crippen MR) is 78.7 cm³/mol. The van der Waals surface area contributed by atoms with Crippen LogP contribution in [-0.4, -0.2) is 10.8 Å². The van der Waals surface area contributed by atoms with Gasteiger partial charge in [0.25, 0.3) is 0 Å². The van der Waals surface area contributed by atoms with Crippen molar-refractivity contribution < 1.29 is 4.79 Å². The Morgan fingerprint density at radius 1 is 1.21 bits per heavy atom. The number of Topliss-reactive ketones (excluding diaryl/α,β-unsaturated/α-hetero) is 1. The Labute approximate surface area is 114 Å². The fourth-order valence-corrected chi connectivity index (χ4v) is 3.17. The maximum atomic E-state index is 11.8. The number of hydrogen-bond acceptors (Lipinski definition) is 1. The Bertz CT molecular complexity index is 590. The molecule has 0 amide bonds. The summed E-state index contributed by atoms with van der Waals surface area (Å²) in [5.41, 5.74) is 3.35. The van der Waals surface area contributed by atoms with Crippen molar-refractivity contribution in [2.75, 3.05) is 0 Å². The van der Waals surface area contributed by atoms with Crippen molar-refractivity contribution in [3.8, 4) is 0 Å². The first kappa shape index (κ1) is 12.5. The van der Waals surface area contributed by atoms with Crippen LogP contribution in [0.25, 0.3) is 10.9 Å². The van der Waals surface area contributed by atoms with E-state index in [-0.39, 0.29) is 5.78 Å². The van der Waals surface area contributed by atoms with Gasteiger partial charge in [-0.3, -0.25) is 4.79 Å². The lowest BCUT2D eigenvalue weighted by Gasteiger charge is -2.20. The molecule has 0 saturated heterocycles. The Balaban J connectivity index is 1.93. The molecule has 19 heavy (non-hydrogen) atoms. The van der Waals surface area contributed by atoms with Crippen molar-refractivity contribution in [2.24, 2.45) is 0 Å². The molecule has 1 aliphatic rings. The molecule has 1 aromatic carbocycles. The fourth-order valence-electron chi connectivity index (χ4n) is 3.17. The van der Waals surface area contributed by atoms with Gasteiger partial charge in [0.15, 0.2) is 5.78 Å². The van der Waals surface area contributed by atoms with E-state index in [1.807, 2.05) is 25.1 Å². The van der Waals surface area contributed by atoms with Gasteiger partial charge in [-0.15, -0.1) is 0 Å². The van der Waals surface area contributed by atoms with Crippen LogP contribution in [0.15, 0.2) is 24.3 Å². The molecule has 0 unspecified atom stereocenters. The summed E-state index contributed by atoms with van der Waals surface area (Å²) in [4.78, 5) is 15.3. The maximum absolute atomic E-state index is 11.8. The lowest BCUT2D eigenvalue weighted by atomic mass is 9.87. The summed E-state index contributed by atoms with van der Waals surface area (Å²) in [6.45, 7) is 1.91. The molecule has 0 atom stereocenters. The fraction of sp³-hybridized carbons (Fsp3) is 0.471. The number of aromatic amines is 1. The zero-order valence-corrected chi connectivity index (χ0v) is 11.5. The molecule has 100 valence electrons. The van der Waals surface area contributed by atoms with Gasteiger partial charge in [0.05, 0.1) is 0 Å². The van der Waals surface area contributed by atoms with E-state index in [4.69, 9.17) is 0 Å². The standard InChI is InChI=1S/C17H21NO/c1-2-17(19)13-8-9-15-14(10-13)11-16(18-15)12-6-4-3-5-7-12/h8-12,18H,2-7H2,1H3. The molecule has 0 radical (unpaired) electrons. The van der Waals surface area contributed by atoms with Gasteiger partial charge in [-0.05, 0) is 43.0 Å². The van der Waals surface area contributed by atoms with Crippen LogP contribution in [0.4, 0.5) is 0 Å². The zero-order valence-electron chi connectivity index (χ0n) is 11.5. The van der Waals surface area contributed by atoms with E-state index in [0.717, 1.165) is 11.1 Å². The monoisotopic (exact) mass is 255 g/mol. The minimum absolute atomic E-state index is 0.224. The van der Waals surface area contributed by atoms with E-state index in [1.54, 1.807) is 0 Å². The van der Waals surface area contributed by atoms with Gasteiger partial charge in [0.2, 0.25) is 0 Å². The first-order valence-corrected chi connectivity index (χ1v) is 7.44. The molecule has 1 aromatic heterocycles. The van der Waals surface area contributed by atoms with Crippen molar-refractivity contribution in [3.05, 3.63) is 35.5 Å². The number of aromatic nitrogens is 1. The third-order valence-corrected chi connectivity index (χ3v) is 4.33. The average Bonchev–Trinajstić information content (AvgIpc) is 2.90. The molecule has 2 nitrogen and oxygen atoms in total. The average molecular weight is 255 g/mol. The van der Waals surface area contributed by atoms with E-state index >= 15 is 0 Å². The van der Waals surface area contributed by atoms with E-state index in [9.17, 15) is 4.79 Å². The number of rotatable bonds is 3.